The fraction of sp³-hybridized carbons (Fsp3) is 0.440. The maximum Gasteiger partial charge on any atom is 0.221 e. The van der Waals surface area contributed by atoms with E-state index in [9.17, 15) is 4.79 Å². The number of nitrogens with zero attached hydrogens (tertiary/aromatic N) is 3. The van der Waals surface area contributed by atoms with E-state index in [2.05, 4.69) is 75.6 Å². The number of thiocarbonyl (C=S) groups is 1. The van der Waals surface area contributed by atoms with Gasteiger partial charge < -0.3 is 20.4 Å². The summed E-state index contributed by atoms with van der Waals surface area (Å²) in [6.07, 6.45) is 1.08. The zero-order valence-electron chi connectivity index (χ0n) is 19.4. The van der Waals surface area contributed by atoms with Crippen molar-refractivity contribution in [1.29, 1.82) is 0 Å². The largest absolute Gasteiger partial charge is 0.372 e. The van der Waals surface area contributed by atoms with Gasteiger partial charge in [-0.05, 0) is 74.4 Å². The topological polar surface area (TPSA) is 50.9 Å². The molecule has 1 fully saturated rings. The molecular formula is C25H35N5OS. The van der Waals surface area contributed by atoms with E-state index in [1.807, 2.05) is 12.1 Å². The van der Waals surface area contributed by atoms with Gasteiger partial charge in [-0.2, -0.15) is 0 Å². The molecule has 0 unspecified atom stereocenters. The lowest BCUT2D eigenvalue weighted by molar-refractivity contribution is -0.114. The first-order valence-electron chi connectivity index (χ1n) is 11.5. The summed E-state index contributed by atoms with van der Waals surface area (Å²) in [6.45, 7) is 12.7. The first kappa shape index (κ1) is 24.0. The van der Waals surface area contributed by atoms with Gasteiger partial charge in [-0.15, -0.1) is 0 Å². The average molecular weight is 454 g/mol. The summed E-state index contributed by atoms with van der Waals surface area (Å²) < 4.78 is 0. The molecule has 172 valence electrons. The molecule has 1 aliphatic rings. The van der Waals surface area contributed by atoms with Crippen molar-refractivity contribution in [2.45, 2.75) is 33.7 Å². The van der Waals surface area contributed by atoms with Gasteiger partial charge in [-0.3, -0.25) is 9.69 Å². The number of hydrogen-bond donors (Lipinski definition) is 2. The predicted molar refractivity (Wildman–Crippen MR) is 138 cm³/mol. The van der Waals surface area contributed by atoms with Crippen LogP contribution >= 0.6 is 12.2 Å². The molecule has 2 N–H and O–H groups in total. The van der Waals surface area contributed by atoms with Gasteiger partial charge in [0.25, 0.3) is 0 Å². The van der Waals surface area contributed by atoms with Gasteiger partial charge in [-0.25, -0.2) is 0 Å². The van der Waals surface area contributed by atoms with Crippen LogP contribution in [0.4, 0.5) is 17.1 Å². The second-order valence-electron chi connectivity index (χ2n) is 8.14. The van der Waals surface area contributed by atoms with Crippen molar-refractivity contribution in [2.24, 2.45) is 0 Å². The van der Waals surface area contributed by atoms with Crippen LogP contribution in [0, 0.1) is 0 Å². The van der Waals surface area contributed by atoms with Crippen molar-refractivity contribution >= 4 is 40.3 Å². The Morgan fingerprint density at radius 3 is 2.16 bits per heavy atom. The van der Waals surface area contributed by atoms with Crippen LogP contribution in [0.15, 0.2) is 48.5 Å². The minimum atomic E-state index is -0.0465. The lowest BCUT2D eigenvalue weighted by Crippen LogP contribution is -2.37. The fourth-order valence-electron chi connectivity index (χ4n) is 4.03. The third-order valence-electron chi connectivity index (χ3n) is 5.80. The molecule has 0 atom stereocenters. The molecule has 0 aliphatic carbocycles. The van der Waals surface area contributed by atoms with E-state index in [-0.39, 0.29) is 5.91 Å². The SMILES string of the molecule is CCN(CC)c1ccc(NC(=S)N2CCCN(Cc3ccc(NC(C)=O)cc3)CC2)cc1. The van der Waals surface area contributed by atoms with Crippen LogP contribution in [0.1, 0.15) is 32.8 Å². The smallest absolute Gasteiger partial charge is 0.221 e. The van der Waals surface area contributed by atoms with E-state index < -0.39 is 0 Å². The monoisotopic (exact) mass is 453 g/mol. The first-order valence-corrected chi connectivity index (χ1v) is 11.9. The molecule has 3 rings (SSSR count). The van der Waals surface area contributed by atoms with Gasteiger partial charge >= 0.3 is 0 Å². The zero-order chi connectivity index (χ0) is 22.9. The lowest BCUT2D eigenvalue weighted by atomic mass is 10.2. The highest BCUT2D eigenvalue weighted by Gasteiger charge is 2.17. The molecular weight excluding hydrogens is 418 g/mol. The molecule has 6 nitrogen and oxygen atoms in total. The van der Waals surface area contributed by atoms with E-state index in [0.717, 1.165) is 68.7 Å². The summed E-state index contributed by atoms with van der Waals surface area (Å²) in [5, 5.41) is 7.02. The molecule has 1 aliphatic heterocycles. The van der Waals surface area contributed by atoms with Crippen LogP contribution in [0.2, 0.25) is 0 Å². The van der Waals surface area contributed by atoms with E-state index >= 15 is 0 Å². The second-order valence-corrected chi connectivity index (χ2v) is 8.53. The number of anilines is 3. The lowest BCUT2D eigenvalue weighted by Gasteiger charge is -2.25. The Morgan fingerprint density at radius 2 is 1.53 bits per heavy atom. The van der Waals surface area contributed by atoms with E-state index in [4.69, 9.17) is 12.2 Å². The van der Waals surface area contributed by atoms with Crippen molar-refractivity contribution in [3.8, 4) is 0 Å². The molecule has 2 aromatic rings. The van der Waals surface area contributed by atoms with E-state index in [1.165, 1.54) is 18.2 Å². The number of nitrogens with one attached hydrogen (secondary N) is 2. The number of benzene rings is 2. The molecule has 2 aromatic carbocycles. The number of carbonyl (C=O) groups is 1. The second kappa shape index (κ2) is 11.8. The Bertz CT molecular complexity index is 880. The van der Waals surface area contributed by atoms with Gasteiger partial charge in [0.1, 0.15) is 0 Å². The van der Waals surface area contributed by atoms with Crippen LogP contribution in [0.25, 0.3) is 0 Å². The summed E-state index contributed by atoms with van der Waals surface area (Å²) in [5.74, 6) is -0.0465. The number of hydrogen-bond acceptors (Lipinski definition) is 4. The van der Waals surface area contributed by atoms with Crippen molar-refractivity contribution in [1.82, 2.24) is 9.80 Å². The first-order chi connectivity index (χ1) is 15.5. The van der Waals surface area contributed by atoms with Crippen molar-refractivity contribution in [2.75, 3.05) is 54.8 Å². The summed E-state index contributed by atoms with van der Waals surface area (Å²) in [7, 11) is 0. The Kier molecular flexibility index (Phi) is 8.88. The molecule has 1 saturated heterocycles. The number of carbonyl (C=O) groups excluding carboxylic acids is 1. The highest BCUT2D eigenvalue weighted by atomic mass is 32.1. The zero-order valence-corrected chi connectivity index (χ0v) is 20.3. The van der Waals surface area contributed by atoms with Gasteiger partial charge in [-0.1, -0.05) is 12.1 Å². The minimum absolute atomic E-state index is 0.0465. The molecule has 0 aromatic heterocycles. The summed E-state index contributed by atoms with van der Waals surface area (Å²) in [4.78, 5) is 18.3. The minimum Gasteiger partial charge on any atom is -0.372 e. The van der Waals surface area contributed by atoms with Crippen LogP contribution in [-0.2, 0) is 11.3 Å². The number of amides is 1. The van der Waals surface area contributed by atoms with Crippen molar-refractivity contribution < 1.29 is 4.79 Å². The average Bonchev–Trinajstić information content (AvgIpc) is 3.02. The van der Waals surface area contributed by atoms with Crippen LogP contribution < -0.4 is 15.5 Å². The van der Waals surface area contributed by atoms with Gasteiger partial charge in [0.15, 0.2) is 5.11 Å². The van der Waals surface area contributed by atoms with E-state index in [1.54, 1.807) is 0 Å². The van der Waals surface area contributed by atoms with Crippen molar-refractivity contribution in [3.05, 3.63) is 54.1 Å². The molecule has 0 spiro atoms. The standard InChI is InChI=1S/C25H35N5OS/c1-4-29(5-2)24-13-11-23(12-14-24)27-25(32)30-16-6-15-28(17-18-30)19-21-7-9-22(10-8-21)26-20(3)31/h7-14H,4-6,15-19H2,1-3H3,(H,26,31)(H,27,32). The Hall–Kier alpha value is -2.64. The van der Waals surface area contributed by atoms with Crippen molar-refractivity contribution in [3.63, 3.8) is 0 Å². The molecule has 0 radical (unpaired) electrons. The van der Waals surface area contributed by atoms with Crippen LogP contribution in [0.3, 0.4) is 0 Å². The third-order valence-corrected chi connectivity index (χ3v) is 6.16. The number of rotatable bonds is 7. The molecule has 0 bridgehead atoms. The van der Waals surface area contributed by atoms with E-state index in [0.29, 0.717) is 0 Å². The highest BCUT2D eigenvalue weighted by molar-refractivity contribution is 7.80. The predicted octanol–water partition coefficient (Wildman–Crippen LogP) is 4.40. The van der Waals surface area contributed by atoms with Crippen LogP contribution in [-0.4, -0.2) is 60.1 Å². The summed E-state index contributed by atoms with van der Waals surface area (Å²) >= 11 is 5.71. The maximum absolute atomic E-state index is 11.2. The summed E-state index contributed by atoms with van der Waals surface area (Å²) in [5.41, 5.74) is 4.36. The molecule has 0 saturated carbocycles. The maximum atomic E-state index is 11.2. The molecule has 1 heterocycles. The molecule has 1 amide bonds. The van der Waals surface area contributed by atoms with Gasteiger partial charge in [0.2, 0.25) is 5.91 Å². The summed E-state index contributed by atoms with van der Waals surface area (Å²) in [6, 6.07) is 16.6. The Labute approximate surface area is 197 Å². The molecule has 7 heteroatoms. The van der Waals surface area contributed by atoms with Crippen LogP contribution in [0.5, 0.6) is 0 Å². The normalized spacial score (nSPS) is 14.5. The Balaban J connectivity index is 1.50. The quantitative estimate of drug-likeness (QED) is 0.606. The molecule has 32 heavy (non-hydrogen) atoms. The highest BCUT2D eigenvalue weighted by Crippen LogP contribution is 2.19. The van der Waals surface area contributed by atoms with Gasteiger partial charge in [0.05, 0.1) is 0 Å². The fourth-order valence-corrected chi connectivity index (χ4v) is 4.33. The third kappa shape index (κ3) is 6.93. The Morgan fingerprint density at radius 1 is 0.906 bits per heavy atom. The van der Waals surface area contributed by atoms with Gasteiger partial charge in [0, 0.05) is 69.8 Å².